The maximum Gasteiger partial charge on any atom is 0.328 e. The lowest BCUT2D eigenvalue weighted by Crippen LogP contribution is -2.24. The monoisotopic (exact) mass is 357 g/mol. The van der Waals surface area contributed by atoms with Crippen molar-refractivity contribution in [1.29, 1.82) is 0 Å². The number of aromatic amines is 2. The number of para-hydroxylation sites is 1. The van der Waals surface area contributed by atoms with Crippen LogP contribution >= 0.6 is 0 Å². The second kappa shape index (κ2) is 6.76. The van der Waals surface area contributed by atoms with E-state index in [4.69, 9.17) is 0 Å². The van der Waals surface area contributed by atoms with Gasteiger partial charge in [-0.3, -0.25) is 19.8 Å². The molecule has 6 heteroatoms. The Morgan fingerprint density at radius 3 is 2.48 bits per heavy atom. The molecule has 6 nitrogen and oxygen atoms in total. The van der Waals surface area contributed by atoms with Crippen LogP contribution in [-0.4, -0.2) is 21.3 Å². The normalized spacial score (nSPS) is 14.5. The number of H-pyrrole nitrogens is 2. The van der Waals surface area contributed by atoms with Crippen LogP contribution in [0, 0.1) is 0 Å². The van der Waals surface area contributed by atoms with Crippen molar-refractivity contribution in [3.63, 3.8) is 0 Å². The number of nitrogens with zero attached hydrogens (tertiary/aromatic N) is 1. The molecule has 0 atom stereocenters. The summed E-state index contributed by atoms with van der Waals surface area (Å²) in [5.74, 6) is -0.474. The minimum atomic E-state index is -0.760. The highest BCUT2D eigenvalue weighted by atomic mass is 16.3. The van der Waals surface area contributed by atoms with Gasteiger partial charge in [-0.2, -0.15) is 0 Å². The zero-order valence-electron chi connectivity index (χ0n) is 14.1. The van der Waals surface area contributed by atoms with Crippen molar-refractivity contribution < 1.29 is 5.11 Å². The number of hydrogen-bond acceptors (Lipinski definition) is 4. The maximum atomic E-state index is 12.3. The number of aliphatic imine (C=N–C) groups is 1. The molecule has 1 aliphatic heterocycles. The predicted octanol–water partition coefficient (Wildman–Crippen LogP) is 3.00. The van der Waals surface area contributed by atoms with E-state index in [0.717, 1.165) is 22.4 Å². The van der Waals surface area contributed by atoms with Gasteiger partial charge in [0.05, 0.1) is 5.69 Å². The molecule has 0 amide bonds. The molecule has 3 aromatic rings. The topological polar surface area (TPSA) is 98.3 Å². The van der Waals surface area contributed by atoms with Gasteiger partial charge in [0.15, 0.2) is 0 Å². The molecule has 0 saturated heterocycles. The fraction of sp³-hybridized carbons (Fsp3) is 0. The molecular weight excluding hydrogens is 342 g/mol. The summed E-state index contributed by atoms with van der Waals surface area (Å²) in [5, 5.41) is 10.2. The van der Waals surface area contributed by atoms with E-state index in [-0.39, 0.29) is 5.56 Å². The van der Waals surface area contributed by atoms with Gasteiger partial charge >= 0.3 is 5.69 Å². The number of fused-ring (bicyclic) bond motifs is 1. The summed E-state index contributed by atoms with van der Waals surface area (Å²) in [4.78, 5) is 32.5. The average Bonchev–Trinajstić information content (AvgIpc) is 3.07. The molecule has 132 valence electrons. The van der Waals surface area contributed by atoms with E-state index in [1.54, 1.807) is 12.3 Å². The van der Waals surface area contributed by atoms with Gasteiger partial charge < -0.3 is 5.11 Å². The molecule has 27 heavy (non-hydrogen) atoms. The number of hydrogen-bond donors (Lipinski definition) is 3. The lowest BCUT2D eigenvalue weighted by Gasteiger charge is -2.08. The summed E-state index contributed by atoms with van der Waals surface area (Å²) >= 11 is 0. The summed E-state index contributed by atoms with van der Waals surface area (Å²) in [7, 11) is 0. The number of benzene rings is 2. The van der Waals surface area contributed by atoms with Crippen LogP contribution in [0.4, 0.5) is 5.69 Å². The molecule has 4 rings (SSSR count). The van der Waals surface area contributed by atoms with Crippen LogP contribution < -0.4 is 11.2 Å². The van der Waals surface area contributed by atoms with Crippen LogP contribution in [0.5, 0.6) is 5.88 Å². The lowest BCUT2D eigenvalue weighted by molar-refractivity contribution is 0.446. The predicted molar refractivity (Wildman–Crippen MR) is 105 cm³/mol. The quantitative estimate of drug-likeness (QED) is 0.672. The minimum absolute atomic E-state index is 0.000806. The SMILES string of the molecule is O=c1[nH]c(O)c(/C(=C\C=C2/C=Nc3ccccc32)c2ccccc2)c(=O)[nH]1. The van der Waals surface area contributed by atoms with Crippen LogP contribution in [0.3, 0.4) is 0 Å². The van der Waals surface area contributed by atoms with Gasteiger partial charge in [-0.25, -0.2) is 4.79 Å². The highest BCUT2D eigenvalue weighted by Gasteiger charge is 2.16. The molecule has 3 N–H and O–H groups in total. The molecule has 0 bridgehead atoms. The Labute approximate surface area is 153 Å². The van der Waals surface area contributed by atoms with Crippen molar-refractivity contribution in [2.75, 3.05) is 0 Å². The highest BCUT2D eigenvalue weighted by Crippen LogP contribution is 2.32. The van der Waals surface area contributed by atoms with Crippen LogP contribution in [-0.2, 0) is 0 Å². The summed E-state index contributed by atoms with van der Waals surface area (Å²) in [6, 6.07) is 16.9. The van der Waals surface area contributed by atoms with Crippen LogP contribution in [0.2, 0.25) is 0 Å². The third-order valence-electron chi connectivity index (χ3n) is 4.26. The number of aromatic nitrogens is 2. The Morgan fingerprint density at radius 1 is 0.963 bits per heavy atom. The molecule has 0 unspecified atom stereocenters. The summed E-state index contributed by atoms with van der Waals surface area (Å²) < 4.78 is 0. The molecule has 0 spiro atoms. The van der Waals surface area contributed by atoms with Gasteiger partial charge in [-0.1, -0.05) is 60.7 Å². The highest BCUT2D eigenvalue weighted by molar-refractivity contribution is 6.17. The Bertz CT molecular complexity index is 1220. The van der Waals surface area contributed by atoms with Gasteiger partial charge in [-0.05, 0) is 17.2 Å². The lowest BCUT2D eigenvalue weighted by atomic mass is 9.98. The molecule has 2 aromatic carbocycles. The first-order valence-electron chi connectivity index (χ1n) is 8.30. The maximum absolute atomic E-state index is 12.3. The van der Waals surface area contributed by atoms with E-state index in [0.29, 0.717) is 5.57 Å². The van der Waals surface area contributed by atoms with Crippen LogP contribution in [0.25, 0.3) is 11.1 Å². The number of aromatic hydroxyl groups is 1. The Hall–Kier alpha value is -3.93. The molecule has 0 aliphatic carbocycles. The van der Waals surface area contributed by atoms with E-state index in [9.17, 15) is 14.7 Å². The third-order valence-corrected chi connectivity index (χ3v) is 4.26. The van der Waals surface area contributed by atoms with E-state index >= 15 is 0 Å². The van der Waals surface area contributed by atoms with Crippen LogP contribution in [0.15, 0.2) is 81.3 Å². The second-order valence-corrected chi connectivity index (χ2v) is 5.98. The fourth-order valence-electron chi connectivity index (χ4n) is 3.01. The minimum Gasteiger partial charge on any atom is -0.494 e. The van der Waals surface area contributed by atoms with Crippen molar-refractivity contribution >= 4 is 23.0 Å². The Morgan fingerprint density at radius 2 is 1.70 bits per heavy atom. The first kappa shape index (κ1) is 16.5. The summed E-state index contributed by atoms with van der Waals surface area (Å²) in [6.07, 6.45) is 5.32. The molecule has 0 radical (unpaired) electrons. The zero-order valence-corrected chi connectivity index (χ0v) is 14.1. The van der Waals surface area contributed by atoms with Crippen molar-refractivity contribution in [3.05, 3.63) is 104 Å². The number of rotatable bonds is 3. The summed E-state index contributed by atoms with van der Waals surface area (Å²) in [6.45, 7) is 0. The van der Waals surface area contributed by atoms with E-state index in [2.05, 4.69) is 15.0 Å². The smallest absolute Gasteiger partial charge is 0.328 e. The number of nitrogens with one attached hydrogen (secondary N) is 2. The van der Waals surface area contributed by atoms with E-state index in [1.807, 2.05) is 60.7 Å². The van der Waals surface area contributed by atoms with Gasteiger partial charge in [0, 0.05) is 17.4 Å². The molecule has 0 saturated carbocycles. The molecular formula is C21H15N3O3. The van der Waals surface area contributed by atoms with E-state index in [1.165, 1.54) is 0 Å². The zero-order chi connectivity index (χ0) is 18.8. The average molecular weight is 357 g/mol. The van der Waals surface area contributed by atoms with Crippen molar-refractivity contribution in [2.45, 2.75) is 0 Å². The largest absolute Gasteiger partial charge is 0.494 e. The van der Waals surface area contributed by atoms with Crippen molar-refractivity contribution in [1.82, 2.24) is 9.97 Å². The second-order valence-electron chi connectivity index (χ2n) is 5.98. The fourth-order valence-corrected chi connectivity index (χ4v) is 3.01. The Kier molecular flexibility index (Phi) is 4.14. The molecule has 2 heterocycles. The molecule has 1 aliphatic rings. The van der Waals surface area contributed by atoms with E-state index < -0.39 is 17.1 Å². The van der Waals surface area contributed by atoms with Crippen molar-refractivity contribution in [3.8, 4) is 5.88 Å². The van der Waals surface area contributed by atoms with Crippen LogP contribution in [0.1, 0.15) is 16.7 Å². The van der Waals surface area contributed by atoms with Gasteiger partial charge in [-0.15, -0.1) is 0 Å². The molecule has 1 aromatic heterocycles. The number of allylic oxidation sites excluding steroid dienone is 3. The van der Waals surface area contributed by atoms with Gasteiger partial charge in [0.2, 0.25) is 5.88 Å². The van der Waals surface area contributed by atoms with Gasteiger partial charge in [0.25, 0.3) is 5.56 Å². The third kappa shape index (κ3) is 3.16. The Balaban J connectivity index is 1.90. The molecule has 0 fully saturated rings. The van der Waals surface area contributed by atoms with Gasteiger partial charge in [0.1, 0.15) is 5.56 Å². The first-order chi connectivity index (χ1) is 13.1. The van der Waals surface area contributed by atoms with Crippen molar-refractivity contribution in [2.24, 2.45) is 4.99 Å². The standard InChI is InChI=1S/C21H15N3O3/c25-19-18(20(26)24-21(27)23-19)16(13-6-2-1-3-7-13)11-10-14-12-22-17-9-5-4-8-15(14)17/h1-12H,(H3,23,24,25,26,27)/b14-10+,16-11-. The first-order valence-corrected chi connectivity index (χ1v) is 8.30. The summed E-state index contributed by atoms with van der Waals surface area (Å²) in [5.41, 5.74) is 2.54.